The zero-order valence-electron chi connectivity index (χ0n) is 10.9. The number of piperidine rings is 1. The molecule has 1 aromatic rings. The Morgan fingerprint density at radius 3 is 3.25 bits per heavy atom. The topological polar surface area (TPSA) is 45.1 Å². The maximum atomic E-state index is 13.5. The summed E-state index contributed by atoms with van der Waals surface area (Å²) < 4.78 is 13.5. The number of oxime groups is 1. The summed E-state index contributed by atoms with van der Waals surface area (Å²) in [5, 5.41) is 13.1. The van der Waals surface area contributed by atoms with E-state index in [0.717, 1.165) is 43.2 Å². The number of halogens is 1. The molecule has 1 aliphatic carbocycles. The second-order valence-corrected chi connectivity index (χ2v) is 5.55. The fraction of sp³-hybridized carbons (Fsp3) is 0.400. The first-order valence-corrected chi connectivity index (χ1v) is 6.89. The van der Waals surface area contributed by atoms with Crippen molar-refractivity contribution in [2.45, 2.75) is 25.0 Å². The molecule has 20 heavy (non-hydrogen) atoms. The summed E-state index contributed by atoms with van der Waals surface area (Å²) in [6, 6.07) is 4.89. The van der Waals surface area contributed by atoms with Gasteiger partial charge in [0, 0.05) is 24.1 Å². The Morgan fingerprint density at radius 2 is 2.40 bits per heavy atom. The van der Waals surface area contributed by atoms with E-state index in [0.29, 0.717) is 5.84 Å². The molecule has 0 radical (unpaired) electrons. The van der Waals surface area contributed by atoms with Gasteiger partial charge in [-0.3, -0.25) is 0 Å². The Bertz CT molecular complexity index is 628. The van der Waals surface area contributed by atoms with Crippen LogP contribution in [0.3, 0.4) is 0 Å². The number of fused-ring (bicyclic) bond motifs is 1. The SMILES string of the molecule is O/C=C/C1=NO[C@@]23c4ccc(F)cc4C[C@@H]2CCCN13. The van der Waals surface area contributed by atoms with Crippen LogP contribution in [-0.4, -0.2) is 22.4 Å². The van der Waals surface area contributed by atoms with Crippen molar-refractivity contribution in [2.24, 2.45) is 11.1 Å². The van der Waals surface area contributed by atoms with Gasteiger partial charge in [-0.05, 0) is 43.0 Å². The fourth-order valence-corrected chi connectivity index (χ4v) is 3.84. The number of rotatable bonds is 1. The highest BCUT2D eigenvalue weighted by Gasteiger charge is 2.58. The van der Waals surface area contributed by atoms with Gasteiger partial charge in [0.25, 0.3) is 0 Å². The molecule has 5 heteroatoms. The minimum Gasteiger partial charge on any atom is -0.515 e. The molecule has 0 amide bonds. The molecule has 1 spiro atoms. The standard InChI is InChI=1S/C15H15FN2O2/c16-12-3-4-13-10(9-12)8-11-2-1-6-18-14(5-7-19)17-20-15(11,13)18/h3-5,7,9,11,19H,1-2,6,8H2/b7-5+/t11-,15+/m0/s1. The third-order valence-corrected chi connectivity index (χ3v) is 4.59. The first-order valence-electron chi connectivity index (χ1n) is 6.89. The molecule has 0 unspecified atom stereocenters. The van der Waals surface area contributed by atoms with Crippen molar-refractivity contribution in [2.75, 3.05) is 6.54 Å². The van der Waals surface area contributed by atoms with E-state index in [4.69, 9.17) is 9.94 Å². The maximum absolute atomic E-state index is 13.5. The fourth-order valence-electron chi connectivity index (χ4n) is 3.84. The largest absolute Gasteiger partial charge is 0.515 e. The molecule has 0 aromatic heterocycles. The zero-order chi connectivity index (χ0) is 13.7. The van der Waals surface area contributed by atoms with E-state index >= 15 is 0 Å². The third-order valence-electron chi connectivity index (χ3n) is 4.59. The number of benzene rings is 1. The number of aliphatic hydroxyl groups is 1. The summed E-state index contributed by atoms with van der Waals surface area (Å²) in [5.41, 5.74) is 1.41. The summed E-state index contributed by atoms with van der Waals surface area (Å²) in [4.78, 5) is 7.92. The van der Waals surface area contributed by atoms with E-state index in [9.17, 15) is 4.39 Å². The van der Waals surface area contributed by atoms with Crippen molar-refractivity contribution in [1.29, 1.82) is 0 Å². The van der Waals surface area contributed by atoms with Crippen LogP contribution in [0.4, 0.5) is 4.39 Å². The van der Waals surface area contributed by atoms with Crippen LogP contribution >= 0.6 is 0 Å². The lowest BCUT2D eigenvalue weighted by atomic mass is 9.86. The van der Waals surface area contributed by atoms with Gasteiger partial charge in [0.15, 0.2) is 5.84 Å². The normalized spacial score (nSPS) is 30.8. The zero-order valence-corrected chi connectivity index (χ0v) is 10.9. The van der Waals surface area contributed by atoms with Crippen LogP contribution in [0, 0.1) is 11.7 Å². The predicted octanol–water partition coefficient (Wildman–Crippen LogP) is 2.66. The third kappa shape index (κ3) is 1.32. The van der Waals surface area contributed by atoms with Crippen molar-refractivity contribution in [3.05, 3.63) is 47.5 Å². The molecule has 2 heterocycles. The van der Waals surface area contributed by atoms with Crippen LogP contribution < -0.4 is 0 Å². The lowest BCUT2D eigenvalue weighted by Crippen LogP contribution is -2.52. The van der Waals surface area contributed by atoms with Gasteiger partial charge < -0.3 is 14.8 Å². The van der Waals surface area contributed by atoms with Gasteiger partial charge in [-0.1, -0.05) is 5.16 Å². The number of hydrogen-bond acceptors (Lipinski definition) is 4. The van der Waals surface area contributed by atoms with Crippen molar-refractivity contribution in [1.82, 2.24) is 4.90 Å². The number of amidine groups is 1. The van der Waals surface area contributed by atoms with Gasteiger partial charge in [0.2, 0.25) is 5.72 Å². The predicted molar refractivity (Wildman–Crippen MR) is 71.5 cm³/mol. The van der Waals surface area contributed by atoms with Gasteiger partial charge in [-0.25, -0.2) is 4.39 Å². The highest BCUT2D eigenvalue weighted by molar-refractivity contribution is 5.94. The average molecular weight is 274 g/mol. The van der Waals surface area contributed by atoms with E-state index in [2.05, 4.69) is 10.1 Å². The smallest absolute Gasteiger partial charge is 0.240 e. The van der Waals surface area contributed by atoms with E-state index in [1.165, 1.54) is 6.07 Å². The minimum atomic E-state index is -0.601. The monoisotopic (exact) mass is 274 g/mol. The summed E-state index contributed by atoms with van der Waals surface area (Å²) in [6.45, 7) is 0.830. The number of aliphatic hydroxyl groups excluding tert-OH is 1. The summed E-state index contributed by atoms with van der Waals surface area (Å²) in [7, 11) is 0. The molecule has 4 rings (SSSR count). The van der Waals surface area contributed by atoms with Crippen LogP contribution in [0.5, 0.6) is 0 Å². The average Bonchev–Trinajstić information content (AvgIpc) is 2.95. The first-order chi connectivity index (χ1) is 9.75. The van der Waals surface area contributed by atoms with E-state index in [1.807, 2.05) is 6.07 Å². The summed E-state index contributed by atoms with van der Waals surface area (Å²) in [5.74, 6) is 0.704. The van der Waals surface area contributed by atoms with Crippen LogP contribution in [-0.2, 0) is 17.0 Å². The molecule has 0 saturated carbocycles. The van der Waals surface area contributed by atoms with E-state index < -0.39 is 5.72 Å². The number of hydrogen-bond donors (Lipinski definition) is 1. The van der Waals surface area contributed by atoms with Crippen LogP contribution in [0.1, 0.15) is 24.0 Å². The van der Waals surface area contributed by atoms with E-state index in [-0.39, 0.29) is 11.7 Å². The molecule has 1 fully saturated rings. The van der Waals surface area contributed by atoms with Gasteiger partial charge in [0.1, 0.15) is 5.82 Å². The van der Waals surface area contributed by atoms with Crippen molar-refractivity contribution in [3.63, 3.8) is 0 Å². The lowest BCUT2D eigenvalue weighted by molar-refractivity contribution is -0.155. The second-order valence-electron chi connectivity index (χ2n) is 5.55. The highest BCUT2D eigenvalue weighted by Crippen LogP contribution is 2.53. The molecule has 104 valence electrons. The van der Waals surface area contributed by atoms with Gasteiger partial charge in [-0.15, -0.1) is 0 Å². The Kier molecular flexibility index (Phi) is 2.34. The van der Waals surface area contributed by atoms with Crippen molar-refractivity contribution >= 4 is 5.84 Å². The molecule has 1 N–H and O–H groups in total. The number of nitrogens with zero attached hydrogens (tertiary/aromatic N) is 2. The Morgan fingerprint density at radius 1 is 1.50 bits per heavy atom. The molecule has 4 nitrogen and oxygen atoms in total. The van der Waals surface area contributed by atoms with Crippen molar-refractivity contribution < 1.29 is 14.3 Å². The Hall–Kier alpha value is -2.04. The summed E-state index contributed by atoms with van der Waals surface area (Å²) in [6.07, 6.45) is 5.42. The molecule has 1 aromatic carbocycles. The minimum absolute atomic E-state index is 0.209. The maximum Gasteiger partial charge on any atom is 0.240 e. The first kappa shape index (κ1) is 11.8. The summed E-state index contributed by atoms with van der Waals surface area (Å²) >= 11 is 0. The molecule has 1 saturated heterocycles. The second kappa shape index (κ2) is 3.98. The molecular formula is C15H15FN2O2. The quantitative estimate of drug-likeness (QED) is 0.801. The van der Waals surface area contributed by atoms with Gasteiger partial charge in [0.05, 0.1) is 6.26 Å². The van der Waals surface area contributed by atoms with Gasteiger partial charge >= 0.3 is 0 Å². The van der Waals surface area contributed by atoms with Crippen molar-refractivity contribution in [3.8, 4) is 0 Å². The van der Waals surface area contributed by atoms with Crippen LogP contribution in [0.15, 0.2) is 35.7 Å². The lowest BCUT2D eigenvalue weighted by Gasteiger charge is -2.42. The van der Waals surface area contributed by atoms with Crippen LogP contribution in [0.25, 0.3) is 0 Å². The Labute approximate surface area is 116 Å². The van der Waals surface area contributed by atoms with E-state index in [1.54, 1.807) is 12.1 Å². The molecule has 2 atom stereocenters. The van der Waals surface area contributed by atoms with Gasteiger partial charge in [-0.2, -0.15) is 0 Å². The molecule has 3 aliphatic rings. The Balaban J connectivity index is 1.85. The molecule has 0 bridgehead atoms. The highest BCUT2D eigenvalue weighted by atomic mass is 19.1. The molecule has 2 aliphatic heterocycles. The van der Waals surface area contributed by atoms with Crippen LogP contribution in [0.2, 0.25) is 0 Å². The molecular weight excluding hydrogens is 259 g/mol.